The van der Waals surface area contributed by atoms with Crippen LogP contribution in [0.1, 0.15) is 40.0 Å². The molecule has 1 amide bonds. The van der Waals surface area contributed by atoms with Crippen LogP contribution in [0.3, 0.4) is 0 Å². The van der Waals surface area contributed by atoms with Gasteiger partial charge in [-0.1, -0.05) is 0 Å². The zero-order valence-corrected chi connectivity index (χ0v) is 14.5. The Morgan fingerprint density at radius 1 is 1.40 bits per heavy atom. The number of carbonyl (C=O) groups is 1. The molecule has 1 N–H and O–H groups in total. The number of fused-ring (bicyclic) bond motifs is 1. The molecule has 8 nitrogen and oxygen atoms in total. The maximum atomic E-state index is 12.9. The van der Waals surface area contributed by atoms with E-state index in [9.17, 15) is 4.79 Å². The smallest absolute Gasteiger partial charge is 0.274 e. The predicted molar refractivity (Wildman–Crippen MR) is 91.6 cm³/mol. The molecule has 0 unspecified atom stereocenters. The van der Waals surface area contributed by atoms with Crippen LogP contribution in [0.4, 0.5) is 5.95 Å². The normalized spacial score (nSPS) is 19.8. The third-order valence-electron chi connectivity index (χ3n) is 4.76. The molecular formula is C17H22N6O2. The van der Waals surface area contributed by atoms with Crippen molar-refractivity contribution in [3.8, 4) is 0 Å². The molecule has 0 saturated carbocycles. The van der Waals surface area contributed by atoms with Crippen molar-refractivity contribution >= 4 is 11.9 Å². The lowest BCUT2D eigenvalue weighted by molar-refractivity contribution is -0.0249. The van der Waals surface area contributed by atoms with Gasteiger partial charge in [-0.05, 0) is 25.3 Å². The van der Waals surface area contributed by atoms with Crippen LogP contribution in [0.15, 0.2) is 12.3 Å². The van der Waals surface area contributed by atoms with Crippen molar-refractivity contribution in [1.82, 2.24) is 25.1 Å². The van der Waals surface area contributed by atoms with E-state index in [0.29, 0.717) is 31.3 Å². The number of nitrogens with zero attached hydrogens (tertiary/aromatic N) is 5. The van der Waals surface area contributed by atoms with Crippen molar-refractivity contribution in [3.63, 3.8) is 0 Å². The predicted octanol–water partition coefficient (Wildman–Crippen LogP) is 0.968. The van der Waals surface area contributed by atoms with Crippen molar-refractivity contribution < 1.29 is 9.53 Å². The van der Waals surface area contributed by atoms with E-state index < -0.39 is 0 Å². The highest BCUT2D eigenvalue weighted by Gasteiger charge is 2.31. The number of rotatable bonds is 3. The Morgan fingerprint density at radius 3 is 3.12 bits per heavy atom. The average Bonchev–Trinajstić information content (AvgIpc) is 3.25. The summed E-state index contributed by atoms with van der Waals surface area (Å²) in [6.07, 6.45) is 4.48. The van der Waals surface area contributed by atoms with E-state index >= 15 is 0 Å². The van der Waals surface area contributed by atoms with Crippen molar-refractivity contribution in [3.05, 3.63) is 34.9 Å². The molecular weight excluding hydrogens is 320 g/mol. The number of aromatic amines is 1. The Hall–Kier alpha value is -2.48. The number of morpholine rings is 1. The van der Waals surface area contributed by atoms with Gasteiger partial charge in [0, 0.05) is 38.1 Å². The summed E-state index contributed by atoms with van der Waals surface area (Å²) in [6, 6.07) is 1.85. The van der Waals surface area contributed by atoms with Crippen LogP contribution in [-0.2, 0) is 17.6 Å². The largest absolute Gasteiger partial charge is 0.368 e. The third kappa shape index (κ3) is 2.97. The summed E-state index contributed by atoms with van der Waals surface area (Å²) in [6.45, 7) is 1.54. The number of aromatic nitrogens is 4. The summed E-state index contributed by atoms with van der Waals surface area (Å²) in [5.41, 5.74) is 3.57. The van der Waals surface area contributed by atoms with Crippen molar-refractivity contribution in [1.29, 1.82) is 0 Å². The van der Waals surface area contributed by atoms with E-state index in [1.54, 1.807) is 6.20 Å². The van der Waals surface area contributed by atoms with Gasteiger partial charge >= 0.3 is 0 Å². The molecule has 4 rings (SSSR count). The third-order valence-corrected chi connectivity index (χ3v) is 4.76. The summed E-state index contributed by atoms with van der Waals surface area (Å²) < 4.78 is 5.86. The first-order valence-electron chi connectivity index (χ1n) is 8.60. The Bertz CT molecular complexity index is 787. The van der Waals surface area contributed by atoms with Gasteiger partial charge in [-0.15, -0.1) is 0 Å². The van der Waals surface area contributed by atoms with Crippen LogP contribution in [0.5, 0.6) is 0 Å². The van der Waals surface area contributed by atoms with Gasteiger partial charge < -0.3 is 14.5 Å². The number of hydrogen-bond acceptors (Lipinski definition) is 6. The number of aryl methyl sites for hydroxylation is 1. The van der Waals surface area contributed by atoms with Crippen molar-refractivity contribution in [2.75, 3.05) is 38.7 Å². The Labute approximate surface area is 146 Å². The topological polar surface area (TPSA) is 87.2 Å². The number of H-pyrrole nitrogens is 1. The van der Waals surface area contributed by atoms with Gasteiger partial charge in [-0.2, -0.15) is 5.10 Å². The Kier molecular flexibility index (Phi) is 4.12. The zero-order chi connectivity index (χ0) is 17.4. The molecule has 3 heterocycles. The van der Waals surface area contributed by atoms with Gasteiger partial charge in [0.2, 0.25) is 5.95 Å². The Balaban J connectivity index is 1.53. The molecule has 2 aliphatic rings. The second-order valence-corrected chi connectivity index (χ2v) is 6.67. The Morgan fingerprint density at radius 2 is 2.28 bits per heavy atom. The van der Waals surface area contributed by atoms with Gasteiger partial charge in [0.25, 0.3) is 5.91 Å². The van der Waals surface area contributed by atoms with Crippen LogP contribution in [0.2, 0.25) is 0 Å². The molecule has 1 aliphatic heterocycles. The highest BCUT2D eigenvalue weighted by Crippen LogP contribution is 2.26. The first-order chi connectivity index (χ1) is 12.1. The van der Waals surface area contributed by atoms with Crippen LogP contribution >= 0.6 is 0 Å². The fourth-order valence-corrected chi connectivity index (χ4v) is 3.42. The van der Waals surface area contributed by atoms with E-state index in [2.05, 4.69) is 20.2 Å². The van der Waals surface area contributed by atoms with E-state index in [1.807, 2.05) is 30.0 Å². The van der Waals surface area contributed by atoms with E-state index in [-0.39, 0.29) is 12.0 Å². The number of anilines is 1. The fraction of sp³-hybridized carbons (Fsp3) is 0.529. The van der Waals surface area contributed by atoms with Gasteiger partial charge in [0.15, 0.2) is 5.69 Å². The van der Waals surface area contributed by atoms with Crippen LogP contribution < -0.4 is 4.90 Å². The monoisotopic (exact) mass is 342 g/mol. The number of carbonyl (C=O) groups excluding carboxylic acids is 1. The molecule has 1 atom stereocenters. The number of amides is 1. The molecule has 0 radical (unpaired) electrons. The van der Waals surface area contributed by atoms with Crippen molar-refractivity contribution in [2.24, 2.45) is 0 Å². The number of ether oxygens (including phenoxy) is 1. The van der Waals surface area contributed by atoms with Gasteiger partial charge in [-0.25, -0.2) is 9.97 Å². The molecule has 132 valence electrons. The number of nitrogens with one attached hydrogen (secondary N) is 1. The molecule has 1 aliphatic carbocycles. The summed E-state index contributed by atoms with van der Waals surface area (Å²) in [7, 11) is 3.80. The zero-order valence-electron chi connectivity index (χ0n) is 14.5. The molecule has 1 fully saturated rings. The van der Waals surface area contributed by atoms with Gasteiger partial charge in [-0.3, -0.25) is 9.89 Å². The second kappa shape index (κ2) is 6.44. The molecule has 2 aromatic heterocycles. The summed E-state index contributed by atoms with van der Waals surface area (Å²) in [5, 5.41) is 7.27. The lowest BCUT2D eigenvalue weighted by atomic mass is 10.1. The average molecular weight is 342 g/mol. The molecule has 2 aromatic rings. The van der Waals surface area contributed by atoms with Crippen LogP contribution in [0.25, 0.3) is 0 Å². The second-order valence-electron chi connectivity index (χ2n) is 6.67. The quantitative estimate of drug-likeness (QED) is 0.894. The van der Waals surface area contributed by atoms with Gasteiger partial charge in [0.1, 0.15) is 6.10 Å². The van der Waals surface area contributed by atoms with E-state index in [4.69, 9.17) is 4.74 Å². The van der Waals surface area contributed by atoms with Gasteiger partial charge in [0.05, 0.1) is 18.8 Å². The van der Waals surface area contributed by atoms with Crippen LogP contribution in [0, 0.1) is 0 Å². The van der Waals surface area contributed by atoms with Crippen molar-refractivity contribution in [2.45, 2.75) is 25.4 Å². The minimum absolute atomic E-state index is 0.0189. The lowest BCUT2D eigenvalue weighted by Gasteiger charge is -2.32. The highest BCUT2D eigenvalue weighted by atomic mass is 16.5. The minimum atomic E-state index is -0.244. The number of hydrogen-bond donors (Lipinski definition) is 1. The fourth-order valence-electron chi connectivity index (χ4n) is 3.42. The highest BCUT2D eigenvalue weighted by molar-refractivity contribution is 5.94. The van der Waals surface area contributed by atoms with E-state index in [1.165, 1.54) is 0 Å². The SMILES string of the molecule is CN(C)c1nccc([C@H]2CN(C(=O)c3n[nH]c4c3CCC4)CCO2)n1. The standard InChI is InChI=1S/C17H22N6O2/c1-22(2)17-18-7-6-13(19-17)14-10-23(8-9-25-14)16(24)15-11-4-3-5-12(11)20-21-15/h6-7,14H,3-5,8-10H2,1-2H3,(H,20,21)/t14-/m1/s1. The maximum absolute atomic E-state index is 12.9. The summed E-state index contributed by atoms with van der Waals surface area (Å²) in [4.78, 5) is 25.4. The molecule has 1 saturated heterocycles. The maximum Gasteiger partial charge on any atom is 0.274 e. The molecule has 0 bridgehead atoms. The molecule has 25 heavy (non-hydrogen) atoms. The first-order valence-corrected chi connectivity index (χ1v) is 8.60. The molecule has 0 spiro atoms. The molecule has 8 heteroatoms. The summed E-state index contributed by atoms with van der Waals surface area (Å²) >= 11 is 0. The van der Waals surface area contributed by atoms with E-state index in [0.717, 1.165) is 36.2 Å². The molecule has 0 aromatic carbocycles. The summed E-state index contributed by atoms with van der Waals surface area (Å²) in [5.74, 6) is 0.615. The van der Waals surface area contributed by atoms with Crippen LogP contribution in [-0.4, -0.2) is 64.8 Å². The lowest BCUT2D eigenvalue weighted by Crippen LogP contribution is -2.43. The first kappa shape index (κ1) is 16.0. The minimum Gasteiger partial charge on any atom is -0.368 e.